The van der Waals surface area contributed by atoms with Crippen LogP contribution in [0.15, 0.2) is 66.7 Å². The van der Waals surface area contributed by atoms with Crippen molar-refractivity contribution in [1.29, 1.82) is 5.41 Å². The molecule has 4 N–H and O–H groups in total. The first kappa shape index (κ1) is 27.7. The Bertz CT molecular complexity index is 1380. The van der Waals surface area contributed by atoms with Gasteiger partial charge in [-0.25, -0.2) is 9.18 Å². The van der Waals surface area contributed by atoms with E-state index in [1.54, 1.807) is 24.3 Å². The maximum atomic E-state index is 14.7. The van der Waals surface area contributed by atoms with Crippen LogP contribution in [-0.2, 0) is 14.3 Å². The van der Waals surface area contributed by atoms with Gasteiger partial charge in [0, 0.05) is 35.0 Å². The van der Waals surface area contributed by atoms with Crippen molar-refractivity contribution in [2.75, 3.05) is 17.7 Å². The maximum absolute atomic E-state index is 14.7. The van der Waals surface area contributed by atoms with E-state index in [2.05, 4.69) is 4.74 Å². The van der Waals surface area contributed by atoms with Gasteiger partial charge in [0.1, 0.15) is 5.82 Å². The molecule has 0 radical (unpaired) electrons. The summed E-state index contributed by atoms with van der Waals surface area (Å²) >= 11 is 0. The number of nitrogen functional groups attached to an aromatic ring is 1. The molecule has 3 aromatic carbocycles. The largest absolute Gasteiger partial charge is 0.466 e. The Labute approximate surface area is 227 Å². The van der Waals surface area contributed by atoms with Gasteiger partial charge >= 0.3 is 5.97 Å². The van der Waals surface area contributed by atoms with Crippen LogP contribution in [0.1, 0.15) is 55.0 Å². The highest BCUT2D eigenvalue weighted by Gasteiger charge is 2.32. The average Bonchev–Trinajstić information content (AvgIpc) is 2.96. The van der Waals surface area contributed by atoms with Crippen molar-refractivity contribution in [3.8, 4) is 11.1 Å². The number of carbonyl (C=O) groups excluding carboxylic acids is 2. The van der Waals surface area contributed by atoms with Crippen LogP contribution in [0.5, 0.6) is 0 Å². The third kappa shape index (κ3) is 6.59. The number of methoxy groups -OCH3 is 1. The summed E-state index contributed by atoms with van der Waals surface area (Å²) in [7, 11) is 1.25. The van der Waals surface area contributed by atoms with Gasteiger partial charge in [0.15, 0.2) is 6.23 Å². The average molecular weight is 530 g/mol. The fourth-order valence-corrected chi connectivity index (χ4v) is 4.88. The van der Waals surface area contributed by atoms with E-state index in [-0.39, 0.29) is 17.5 Å². The lowest BCUT2D eigenvalue weighted by Gasteiger charge is -2.33. The number of esters is 1. The van der Waals surface area contributed by atoms with Gasteiger partial charge in [-0.15, -0.1) is 0 Å². The molecule has 1 saturated carbocycles. The molecular weight excluding hydrogens is 497 g/mol. The molecule has 1 fully saturated rings. The standard InChI is InChI=1S/C31H32FN3O4/c1-39-29(36)14-7-20-15-26(32)18-27(16-20)35(30(37)22-5-3-2-4-6-22)31(38)23-10-8-21(9-11-23)24-12-13-28(34)25(17-24)19-33/h7-19,22,31,33,38H,2-6,34H2,1H3/b14-7+,33-19?. The molecule has 1 aliphatic carbocycles. The number of hydrogen-bond acceptors (Lipinski definition) is 6. The van der Waals surface area contributed by atoms with Crippen LogP contribution in [0.2, 0.25) is 0 Å². The summed E-state index contributed by atoms with van der Waals surface area (Å²) in [6.07, 6.45) is 6.71. The number of nitrogens with zero attached hydrogens (tertiary/aromatic N) is 1. The molecule has 1 unspecified atom stereocenters. The van der Waals surface area contributed by atoms with E-state index in [4.69, 9.17) is 11.1 Å². The van der Waals surface area contributed by atoms with Gasteiger partial charge in [0.2, 0.25) is 5.91 Å². The summed E-state index contributed by atoms with van der Waals surface area (Å²) in [6, 6.07) is 16.5. The number of amides is 1. The smallest absolute Gasteiger partial charge is 0.330 e. The molecule has 0 aliphatic heterocycles. The van der Waals surface area contributed by atoms with E-state index in [1.165, 1.54) is 42.5 Å². The topological polar surface area (TPSA) is 117 Å². The summed E-state index contributed by atoms with van der Waals surface area (Å²) in [5, 5.41) is 19.0. The van der Waals surface area contributed by atoms with Gasteiger partial charge < -0.3 is 21.0 Å². The monoisotopic (exact) mass is 529 g/mol. The molecule has 0 saturated heterocycles. The number of halogens is 1. The van der Waals surface area contributed by atoms with Crippen molar-refractivity contribution < 1.29 is 23.8 Å². The molecule has 0 heterocycles. The second-order valence-electron chi connectivity index (χ2n) is 9.63. The zero-order valence-corrected chi connectivity index (χ0v) is 21.8. The predicted molar refractivity (Wildman–Crippen MR) is 151 cm³/mol. The Balaban J connectivity index is 1.70. The molecule has 1 atom stereocenters. The summed E-state index contributed by atoms with van der Waals surface area (Å²) in [4.78, 5) is 26.6. The van der Waals surface area contributed by atoms with Crippen molar-refractivity contribution in [3.63, 3.8) is 0 Å². The number of nitrogens with two attached hydrogens (primary N) is 1. The second kappa shape index (κ2) is 12.5. The Morgan fingerprint density at radius 2 is 1.74 bits per heavy atom. The normalized spacial score (nSPS) is 14.6. The number of anilines is 2. The molecule has 7 nitrogen and oxygen atoms in total. The lowest BCUT2D eigenvalue weighted by molar-refractivity contribution is -0.134. The lowest BCUT2D eigenvalue weighted by Crippen LogP contribution is -2.40. The number of ether oxygens (including phenoxy) is 1. The Kier molecular flexibility index (Phi) is 8.88. The van der Waals surface area contributed by atoms with Crippen molar-refractivity contribution in [2.24, 2.45) is 5.92 Å². The maximum Gasteiger partial charge on any atom is 0.330 e. The predicted octanol–water partition coefficient (Wildman–Crippen LogP) is 5.86. The van der Waals surface area contributed by atoms with E-state index >= 15 is 0 Å². The number of nitrogens with one attached hydrogen (secondary N) is 1. The van der Waals surface area contributed by atoms with Crippen LogP contribution in [0.25, 0.3) is 17.2 Å². The van der Waals surface area contributed by atoms with E-state index in [0.717, 1.165) is 30.4 Å². The Morgan fingerprint density at radius 3 is 2.41 bits per heavy atom. The third-order valence-electron chi connectivity index (χ3n) is 7.02. The minimum Gasteiger partial charge on any atom is -0.466 e. The van der Waals surface area contributed by atoms with Crippen LogP contribution in [-0.4, -0.2) is 30.3 Å². The number of rotatable bonds is 8. The van der Waals surface area contributed by atoms with Crippen LogP contribution in [0.4, 0.5) is 15.8 Å². The first-order chi connectivity index (χ1) is 18.8. The third-order valence-corrected chi connectivity index (χ3v) is 7.02. The molecule has 202 valence electrons. The molecule has 1 amide bonds. The van der Waals surface area contributed by atoms with E-state index in [0.29, 0.717) is 35.2 Å². The molecular formula is C31H32FN3O4. The van der Waals surface area contributed by atoms with Gasteiger partial charge in [-0.2, -0.15) is 0 Å². The van der Waals surface area contributed by atoms with Crippen molar-refractivity contribution >= 4 is 35.5 Å². The van der Waals surface area contributed by atoms with Crippen LogP contribution in [0, 0.1) is 17.1 Å². The highest BCUT2D eigenvalue weighted by atomic mass is 19.1. The molecule has 8 heteroatoms. The quantitative estimate of drug-likeness (QED) is 0.111. The van der Waals surface area contributed by atoms with E-state index < -0.39 is 18.0 Å². The van der Waals surface area contributed by atoms with Crippen LogP contribution >= 0.6 is 0 Å². The van der Waals surface area contributed by atoms with Gasteiger partial charge in [-0.3, -0.25) is 9.69 Å². The first-order valence-corrected chi connectivity index (χ1v) is 12.9. The summed E-state index contributed by atoms with van der Waals surface area (Å²) in [6.45, 7) is 0. The SMILES string of the molecule is COC(=O)/C=C/c1cc(F)cc(N(C(=O)C2CCCCC2)C(O)c2ccc(-c3ccc(N)c(C=N)c3)cc2)c1. The molecule has 1 aliphatic rings. The Morgan fingerprint density at radius 1 is 1.05 bits per heavy atom. The number of carbonyl (C=O) groups is 2. The van der Waals surface area contributed by atoms with Crippen molar-refractivity contribution in [1.82, 2.24) is 0 Å². The summed E-state index contributed by atoms with van der Waals surface area (Å²) in [5.41, 5.74) is 9.72. The molecule has 0 bridgehead atoms. The molecule has 4 rings (SSSR count). The van der Waals surface area contributed by atoms with Gasteiger partial charge in [0.25, 0.3) is 0 Å². The molecule has 0 spiro atoms. The highest BCUT2D eigenvalue weighted by Crippen LogP contribution is 2.34. The summed E-state index contributed by atoms with van der Waals surface area (Å²) in [5.74, 6) is -1.75. The van der Waals surface area contributed by atoms with Gasteiger partial charge in [-0.1, -0.05) is 49.6 Å². The zero-order chi connectivity index (χ0) is 27.9. The highest BCUT2D eigenvalue weighted by molar-refractivity contribution is 5.96. The first-order valence-electron chi connectivity index (χ1n) is 12.9. The zero-order valence-electron chi connectivity index (χ0n) is 21.8. The minimum absolute atomic E-state index is 0.195. The Hall–Kier alpha value is -4.30. The molecule has 39 heavy (non-hydrogen) atoms. The molecule has 3 aromatic rings. The van der Waals surface area contributed by atoms with Gasteiger partial charge in [0.05, 0.1) is 12.8 Å². The summed E-state index contributed by atoms with van der Waals surface area (Å²) < 4.78 is 19.3. The minimum atomic E-state index is -1.36. The van der Waals surface area contributed by atoms with Crippen molar-refractivity contribution in [2.45, 2.75) is 38.3 Å². The van der Waals surface area contributed by atoms with E-state index in [9.17, 15) is 19.1 Å². The molecule has 0 aromatic heterocycles. The number of benzene rings is 3. The van der Waals surface area contributed by atoms with Crippen LogP contribution < -0.4 is 10.6 Å². The van der Waals surface area contributed by atoms with Crippen LogP contribution in [0.3, 0.4) is 0 Å². The van der Waals surface area contributed by atoms with Crippen molar-refractivity contribution in [3.05, 3.63) is 89.2 Å². The number of aliphatic hydroxyl groups is 1. The lowest BCUT2D eigenvalue weighted by atomic mass is 9.88. The second-order valence-corrected chi connectivity index (χ2v) is 9.63. The van der Waals surface area contributed by atoms with Gasteiger partial charge in [-0.05, 0) is 65.9 Å². The fraction of sp³-hybridized carbons (Fsp3) is 0.258. The number of aliphatic hydroxyl groups excluding tert-OH is 1. The fourth-order valence-electron chi connectivity index (χ4n) is 4.88. The van der Waals surface area contributed by atoms with E-state index in [1.807, 2.05) is 24.3 Å². The number of hydrogen-bond donors (Lipinski definition) is 3.